The maximum absolute atomic E-state index is 12.8. The van der Waals surface area contributed by atoms with Crippen LogP contribution in [-0.4, -0.2) is 28.1 Å². The third kappa shape index (κ3) is 5.70. The molecule has 4 rings (SSSR count). The molecule has 0 saturated carbocycles. The first-order valence-corrected chi connectivity index (χ1v) is 11.8. The highest BCUT2D eigenvalue weighted by molar-refractivity contribution is 5.95. The van der Waals surface area contributed by atoms with Gasteiger partial charge in [0, 0.05) is 36.3 Å². The topological polar surface area (TPSA) is 91.0 Å². The highest BCUT2D eigenvalue weighted by Crippen LogP contribution is 2.30. The number of fused-ring (bicyclic) bond motifs is 1. The SMILES string of the molecule is N#CCCN(C(=O)CCC(=O)NC1CCCc2c1cnn2Cc1ccccc1)c1ccccc1. The monoisotopic (exact) mass is 455 g/mol. The normalized spacial score (nSPS) is 14.6. The Morgan fingerprint density at radius 3 is 2.56 bits per heavy atom. The number of benzene rings is 2. The summed E-state index contributed by atoms with van der Waals surface area (Å²) in [6, 6.07) is 21.5. The van der Waals surface area contributed by atoms with Crippen molar-refractivity contribution < 1.29 is 9.59 Å². The first-order valence-electron chi connectivity index (χ1n) is 11.8. The Bertz CT molecular complexity index is 1150. The molecule has 2 aromatic carbocycles. The van der Waals surface area contributed by atoms with Crippen molar-refractivity contribution in [1.29, 1.82) is 5.26 Å². The van der Waals surface area contributed by atoms with Gasteiger partial charge in [0.1, 0.15) is 0 Å². The van der Waals surface area contributed by atoms with Gasteiger partial charge in [-0.15, -0.1) is 0 Å². The summed E-state index contributed by atoms with van der Waals surface area (Å²) in [5.41, 5.74) is 4.17. The number of anilines is 1. The van der Waals surface area contributed by atoms with Crippen LogP contribution in [-0.2, 0) is 22.6 Å². The van der Waals surface area contributed by atoms with Crippen molar-refractivity contribution in [2.24, 2.45) is 0 Å². The average molecular weight is 456 g/mol. The molecule has 7 nitrogen and oxygen atoms in total. The summed E-state index contributed by atoms with van der Waals surface area (Å²) >= 11 is 0. The zero-order valence-electron chi connectivity index (χ0n) is 19.2. The number of nitriles is 1. The van der Waals surface area contributed by atoms with Gasteiger partial charge >= 0.3 is 0 Å². The van der Waals surface area contributed by atoms with Gasteiger partial charge in [-0.1, -0.05) is 48.5 Å². The Hall–Kier alpha value is -3.92. The van der Waals surface area contributed by atoms with Gasteiger partial charge in [0.25, 0.3) is 0 Å². The lowest BCUT2D eigenvalue weighted by Gasteiger charge is -2.25. The molecular formula is C27H29N5O2. The third-order valence-electron chi connectivity index (χ3n) is 6.16. The second-order valence-corrected chi connectivity index (χ2v) is 8.49. The van der Waals surface area contributed by atoms with E-state index in [0.29, 0.717) is 13.1 Å². The van der Waals surface area contributed by atoms with Crippen molar-refractivity contribution in [3.8, 4) is 6.07 Å². The maximum atomic E-state index is 12.8. The Balaban J connectivity index is 1.35. The molecule has 34 heavy (non-hydrogen) atoms. The summed E-state index contributed by atoms with van der Waals surface area (Å²) < 4.78 is 2.03. The molecule has 1 heterocycles. The Kier molecular flexibility index (Phi) is 7.71. The van der Waals surface area contributed by atoms with E-state index in [0.717, 1.165) is 30.5 Å². The van der Waals surface area contributed by atoms with E-state index in [1.54, 1.807) is 4.90 Å². The molecular weight excluding hydrogens is 426 g/mol. The summed E-state index contributed by atoms with van der Waals surface area (Å²) in [6.07, 6.45) is 5.10. The molecule has 0 radical (unpaired) electrons. The van der Waals surface area contributed by atoms with E-state index >= 15 is 0 Å². The van der Waals surface area contributed by atoms with Crippen LogP contribution in [0.25, 0.3) is 0 Å². The lowest BCUT2D eigenvalue weighted by atomic mass is 9.92. The minimum absolute atomic E-state index is 0.0836. The van der Waals surface area contributed by atoms with Crippen LogP contribution in [0.15, 0.2) is 66.9 Å². The van der Waals surface area contributed by atoms with E-state index in [2.05, 4.69) is 28.6 Å². The molecule has 0 aliphatic heterocycles. The van der Waals surface area contributed by atoms with E-state index in [1.165, 1.54) is 11.3 Å². The molecule has 0 bridgehead atoms. The second kappa shape index (κ2) is 11.3. The van der Waals surface area contributed by atoms with Crippen LogP contribution in [0.5, 0.6) is 0 Å². The predicted molar refractivity (Wildman–Crippen MR) is 130 cm³/mol. The van der Waals surface area contributed by atoms with Crippen LogP contribution in [0.2, 0.25) is 0 Å². The predicted octanol–water partition coefficient (Wildman–Crippen LogP) is 4.15. The number of carbonyl (C=O) groups excluding carboxylic acids is 2. The number of hydrogen-bond acceptors (Lipinski definition) is 4. The number of rotatable bonds is 9. The smallest absolute Gasteiger partial charge is 0.227 e. The fourth-order valence-electron chi connectivity index (χ4n) is 4.45. The van der Waals surface area contributed by atoms with E-state index in [9.17, 15) is 9.59 Å². The minimum atomic E-state index is -0.156. The summed E-state index contributed by atoms with van der Waals surface area (Å²) in [5.74, 6) is -0.299. The zero-order chi connectivity index (χ0) is 23.8. The van der Waals surface area contributed by atoms with Crippen LogP contribution in [0, 0.1) is 11.3 Å². The minimum Gasteiger partial charge on any atom is -0.349 e. The third-order valence-corrected chi connectivity index (χ3v) is 6.16. The number of aromatic nitrogens is 2. The Labute approximate surface area is 200 Å². The second-order valence-electron chi connectivity index (χ2n) is 8.49. The number of nitrogens with one attached hydrogen (secondary N) is 1. The fourth-order valence-corrected chi connectivity index (χ4v) is 4.45. The summed E-state index contributed by atoms with van der Waals surface area (Å²) in [4.78, 5) is 27.2. The zero-order valence-corrected chi connectivity index (χ0v) is 19.2. The molecule has 0 saturated heterocycles. The van der Waals surface area contributed by atoms with Crippen molar-refractivity contribution >= 4 is 17.5 Å². The first-order chi connectivity index (χ1) is 16.7. The molecule has 1 aromatic heterocycles. The highest BCUT2D eigenvalue weighted by atomic mass is 16.2. The van der Waals surface area contributed by atoms with E-state index in [-0.39, 0.29) is 37.1 Å². The average Bonchev–Trinajstić information content (AvgIpc) is 3.28. The van der Waals surface area contributed by atoms with Crippen LogP contribution in [0.1, 0.15) is 55.0 Å². The first kappa shape index (κ1) is 23.2. The Morgan fingerprint density at radius 2 is 1.82 bits per heavy atom. The molecule has 1 N–H and O–H groups in total. The van der Waals surface area contributed by atoms with Gasteiger partial charge in [-0.2, -0.15) is 10.4 Å². The van der Waals surface area contributed by atoms with E-state index in [1.807, 2.05) is 59.4 Å². The van der Waals surface area contributed by atoms with Gasteiger partial charge in [-0.05, 0) is 37.0 Å². The molecule has 0 fully saturated rings. The molecule has 1 aliphatic carbocycles. The lowest BCUT2D eigenvalue weighted by molar-refractivity contribution is -0.125. The lowest BCUT2D eigenvalue weighted by Crippen LogP contribution is -2.34. The standard InChI is InChI=1S/C27H29N5O2/c28-17-8-18-31(22-11-5-2-6-12-22)27(34)16-15-26(33)30-24-13-7-14-25-23(24)19-29-32(25)20-21-9-3-1-4-10-21/h1-6,9-12,19,24H,7-8,13-16,18,20H2,(H,30,33). The molecule has 1 unspecified atom stereocenters. The molecule has 1 aliphatic rings. The van der Waals surface area contributed by atoms with Crippen LogP contribution >= 0.6 is 0 Å². The van der Waals surface area contributed by atoms with Crippen molar-refractivity contribution in [1.82, 2.24) is 15.1 Å². The quantitative estimate of drug-likeness (QED) is 0.525. The van der Waals surface area contributed by atoms with Crippen molar-refractivity contribution in [2.75, 3.05) is 11.4 Å². The van der Waals surface area contributed by atoms with Gasteiger partial charge in [-0.25, -0.2) is 0 Å². The van der Waals surface area contributed by atoms with Crippen LogP contribution in [0.4, 0.5) is 5.69 Å². The molecule has 7 heteroatoms. The summed E-state index contributed by atoms with van der Waals surface area (Å²) in [6.45, 7) is 1.02. The molecule has 3 aromatic rings. The van der Waals surface area contributed by atoms with Crippen LogP contribution < -0.4 is 10.2 Å². The van der Waals surface area contributed by atoms with E-state index < -0.39 is 0 Å². The molecule has 174 valence electrons. The number of nitrogens with zero attached hydrogens (tertiary/aromatic N) is 4. The number of carbonyl (C=O) groups is 2. The van der Waals surface area contributed by atoms with Gasteiger partial charge in [-0.3, -0.25) is 14.3 Å². The largest absolute Gasteiger partial charge is 0.349 e. The number of para-hydroxylation sites is 1. The molecule has 0 spiro atoms. The van der Waals surface area contributed by atoms with Gasteiger partial charge < -0.3 is 10.2 Å². The number of hydrogen-bond donors (Lipinski definition) is 1. The van der Waals surface area contributed by atoms with Crippen molar-refractivity contribution in [2.45, 2.75) is 51.1 Å². The van der Waals surface area contributed by atoms with Crippen molar-refractivity contribution in [3.63, 3.8) is 0 Å². The maximum Gasteiger partial charge on any atom is 0.227 e. The van der Waals surface area contributed by atoms with Crippen LogP contribution in [0.3, 0.4) is 0 Å². The van der Waals surface area contributed by atoms with Crippen molar-refractivity contribution in [3.05, 3.63) is 83.7 Å². The number of amides is 2. The fraction of sp³-hybridized carbons (Fsp3) is 0.333. The Morgan fingerprint density at radius 1 is 1.09 bits per heavy atom. The summed E-state index contributed by atoms with van der Waals surface area (Å²) in [7, 11) is 0. The van der Waals surface area contributed by atoms with Gasteiger partial charge in [0.15, 0.2) is 0 Å². The van der Waals surface area contributed by atoms with Gasteiger partial charge in [0.05, 0.1) is 31.3 Å². The highest BCUT2D eigenvalue weighted by Gasteiger charge is 2.26. The van der Waals surface area contributed by atoms with E-state index in [4.69, 9.17) is 5.26 Å². The molecule has 1 atom stereocenters. The van der Waals surface area contributed by atoms with Gasteiger partial charge in [0.2, 0.25) is 11.8 Å². The summed E-state index contributed by atoms with van der Waals surface area (Å²) in [5, 5.41) is 16.7. The molecule has 2 amide bonds.